The van der Waals surface area contributed by atoms with Crippen molar-refractivity contribution in [2.45, 2.75) is 32.2 Å². The van der Waals surface area contributed by atoms with E-state index in [1.54, 1.807) is 9.58 Å². The van der Waals surface area contributed by atoms with Crippen LogP contribution in [0.5, 0.6) is 0 Å². The molecule has 2 N–H and O–H groups in total. The molecule has 0 spiro atoms. The van der Waals surface area contributed by atoms with Crippen LogP contribution in [0.3, 0.4) is 0 Å². The van der Waals surface area contributed by atoms with E-state index in [-0.39, 0.29) is 11.4 Å². The molecule has 1 saturated heterocycles. The van der Waals surface area contributed by atoms with E-state index in [0.29, 0.717) is 18.8 Å². The van der Waals surface area contributed by atoms with Gasteiger partial charge in [-0.25, -0.2) is 0 Å². The third kappa shape index (κ3) is 2.07. The van der Waals surface area contributed by atoms with Gasteiger partial charge in [0.2, 0.25) is 0 Å². The van der Waals surface area contributed by atoms with Crippen molar-refractivity contribution in [1.82, 2.24) is 14.7 Å². The first-order valence-electron chi connectivity index (χ1n) is 6.10. The van der Waals surface area contributed by atoms with Crippen LogP contribution in [0.4, 0.5) is 0 Å². The average molecular weight is 236 g/mol. The molecule has 1 amide bonds. The fraction of sp³-hybridized carbons (Fsp3) is 0.667. The minimum Gasteiger partial charge on any atom is -0.333 e. The molecule has 0 atom stereocenters. The molecular weight excluding hydrogens is 216 g/mol. The first-order valence-corrected chi connectivity index (χ1v) is 6.10. The third-order valence-corrected chi connectivity index (χ3v) is 3.51. The van der Waals surface area contributed by atoms with Crippen LogP contribution >= 0.6 is 0 Å². The van der Waals surface area contributed by atoms with Crippen molar-refractivity contribution in [1.29, 1.82) is 0 Å². The van der Waals surface area contributed by atoms with Crippen LogP contribution in [-0.4, -0.2) is 39.2 Å². The molecule has 1 aromatic rings. The number of hydrogen-bond acceptors (Lipinski definition) is 3. The standard InChI is InChI=1S/C12H20N4O/c1-4-9-6-10(15(3)14-9)11(17)16-7-12(13,5-2)8-16/h6H,4-5,7-8,13H2,1-3H3. The van der Waals surface area contributed by atoms with Gasteiger partial charge < -0.3 is 10.6 Å². The number of likely N-dealkylation sites (tertiary alicyclic amines) is 1. The van der Waals surface area contributed by atoms with Crippen LogP contribution in [-0.2, 0) is 13.5 Å². The number of hydrogen-bond donors (Lipinski definition) is 1. The second-order valence-electron chi connectivity index (χ2n) is 4.88. The van der Waals surface area contributed by atoms with Crippen molar-refractivity contribution in [3.8, 4) is 0 Å². The Morgan fingerprint density at radius 3 is 2.65 bits per heavy atom. The predicted molar refractivity (Wildman–Crippen MR) is 65.7 cm³/mol. The SMILES string of the molecule is CCc1cc(C(=O)N2CC(N)(CC)C2)n(C)n1. The van der Waals surface area contributed by atoms with E-state index in [1.165, 1.54) is 0 Å². The lowest BCUT2D eigenvalue weighted by molar-refractivity contribution is 0.0390. The number of nitrogens with two attached hydrogens (primary N) is 1. The quantitative estimate of drug-likeness (QED) is 0.833. The summed E-state index contributed by atoms with van der Waals surface area (Å²) in [6.45, 7) is 5.38. The maximum Gasteiger partial charge on any atom is 0.272 e. The maximum atomic E-state index is 12.2. The molecule has 1 fully saturated rings. The van der Waals surface area contributed by atoms with Gasteiger partial charge >= 0.3 is 0 Å². The number of carbonyl (C=O) groups excluding carboxylic acids is 1. The van der Waals surface area contributed by atoms with E-state index in [2.05, 4.69) is 12.0 Å². The third-order valence-electron chi connectivity index (χ3n) is 3.51. The molecule has 2 heterocycles. The maximum absolute atomic E-state index is 12.2. The highest BCUT2D eigenvalue weighted by molar-refractivity contribution is 5.93. The summed E-state index contributed by atoms with van der Waals surface area (Å²) in [7, 11) is 1.81. The topological polar surface area (TPSA) is 64.2 Å². The molecule has 1 aromatic heterocycles. The van der Waals surface area contributed by atoms with Crippen LogP contribution in [0.15, 0.2) is 6.07 Å². The molecular formula is C12H20N4O. The number of amides is 1. The van der Waals surface area contributed by atoms with Crippen LogP contribution in [0, 0.1) is 0 Å². The molecule has 5 heteroatoms. The lowest BCUT2D eigenvalue weighted by Crippen LogP contribution is -2.68. The minimum absolute atomic E-state index is 0.0363. The average Bonchev–Trinajstić information content (AvgIpc) is 2.65. The van der Waals surface area contributed by atoms with Gasteiger partial charge in [0, 0.05) is 20.1 Å². The fourth-order valence-electron chi connectivity index (χ4n) is 2.14. The van der Waals surface area contributed by atoms with Crippen molar-refractivity contribution >= 4 is 5.91 Å². The smallest absolute Gasteiger partial charge is 0.272 e. The number of nitrogens with zero attached hydrogens (tertiary/aromatic N) is 3. The molecule has 2 rings (SSSR count). The lowest BCUT2D eigenvalue weighted by Gasteiger charge is -2.47. The highest BCUT2D eigenvalue weighted by atomic mass is 16.2. The van der Waals surface area contributed by atoms with Crippen molar-refractivity contribution < 1.29 is 4.79 Å². The van der Waals surface area contributed by atoms with Gasteiger partial charge in [0.05, 0.1) is 11.2 Å². The molecule has 5 nitrogen and oxygen atoms in total. The predicted octanol–water partition coefficient (Wildman–Crippen LogP) is 0.546. The summed E-state index contributed by atoms with van der Waals surface area (Å²) in [5.74, 6) is 0.0363. The number of rotatable bonds is 3. The van der Waals surface area contributed by atoms with Gasteiger partial charge in [-0.1, -0.05) is 13.8 Å². The Bertz CT molecular complexity index is 432. The van der Waals surface area contributed by atoms with Crippen molar-refractivity contribution in [2.75, 3.05) is 13.1 Å². The molecule has 0 saturated carbocycles. The molecule has 0 unspecified atom stereocenters. The van der Waals surface area contributed by atoms with Gasteiger partial charge in [-0.3, -0.25) is 9.48 Å². The van der Waals surface area contributed by atoms with Gasteiger partial charge in [0.1, 0.15) is 5.69 Å². The summed E-state index contributed by atoms with van der Waals surface area (Å²) >= 11 is 0. The minimum atomic E-state index is -0.179. The van der Waals surface area contributed by atoms with Gasteiger partial charge in [0.25, 0.3) is 5.91 Å². The summed E-state index contributed by atoms with van der Waals surface area (Å²) < 4.78 is 1.66. The van der Waals surface area contributed by atoms with Crippen molar-refractivity contribution in [2.24, 2.45) is 12.8 Å². The molecule has 0 radical (unpaired) electrons. The van der Waals surface area contributed by atoms with Gasteiger partial charge in [0.15, 0.2) is 0 Å². The Morgan fingerprint density at radius 2 is 2.18 bits per heavy atom. The highest BCUT2D eigenvalue weighted by Gasteiger charge is 2.41. The van der Waals surface area contributed by atoms with E-state index >= 15 is 0 Å². The monoisotopic (exact) mass is 236 g/mol. The van der Waals surface area contributed by atoms with Crippen LogP contribution < -0.4 is 5.73 Å². The number of carbonyl (C=O) groups is 1. The molecule has 1 aliphatic heterocycles. The molecule has 94 valence electrons. The van der Waals surface area contributed by atoms with E-state index < -0.39 is 0 Å². The summed E-state index contributed by atoms with van der Waals surface area (Å²) in [4.78, 5) is 14.0. The Labute approximate surface area is 102 Å². The first-order chi connectivity index (χ1) is 7.99. The second kappa shape index (κ2) is 4.14. The summed E-state index contributed by atoms with van der Waals surface area (Å²) in [6.07, 6.45) is 1.75. The summed E-state index contributed by atoms with van der Waals surface area (Å²) in [5, 5.41) is 4.29. The van der Waals surface area contributed by atoms with Crippen molar-refractivity contribution in [3.05, 3.63) is 17.5 Å². The summed E-state index contributed by atoms with van der Waals surface area (Å²) in [6, 6.07) is 1.87. The zero-order valence-electron chi connectivity index (χ0n) is 10.7. The van der Waals surface area contributed by atoms with Gasteiger partial charge in [-0.05, 0) is 18.9 Å². The summed E-state index contributed by atoms with van der Waals surface area (Å²) in [5.41, 5.74) is 7.49. The van der Waals surface area contributed by atoms with Gasteiger partial charge in [-0.15, -0.1) is 0 Å². The zero-order chi connectivity index (χ0) is 12.6. The Morgan fingerprint density at radius 1 is 1.53 bits per heavy atom. The molecule has 0 aromatic carbocycles. The Balaban J connectivity index is 2.09. The molecule has 1 aliphatic rings. The molecule has 17 heavy (non-hydrogen) atoms. The lowest BCUT2D eigenvalue weighted by atomic mass is 9.88. The van der Waals surface area contributed by atoms with Gasteiger partial charge in [-0.2, -0.15) is 5.10 Å². The highest BCUT2D eigenvalue weighted by Crippen LogP contribution is 2.23. The van der Waals surface area contributed by atoms with E-state index in [0.717, 1.165) is 18.5 Å². The normalized spacial score (nSPS) is 18.0. The largest absolute Gasteiger partial charge is 0.333 e. The first kappa shape index (κ1) is 12.1. The van der Waals surface area contributed by atoms with E-state index in [9.17, 15) is 4.79 Å². The Hall–Kier alpha value is -1.36. The van der Waals surface area contributed by atoms with Crippen LogP contribution in [0.2, 0.25) is 0 Å². The molecule has 0 bridgehead atoms. The molecule has 0 aliphatic carbocycles. The fourth-order valence-corrected chi connectivity index (χ4v) is 2.14. The second-order valence-corrected chi connectivity index (χ2v) is 4.88. The Kier molecular flexibility index (Phi) is 2.95. The van der Waals surface area contributed by atoms with Crippen molar-refractivity contribution in [3.63, 3.8) is 0 Å². The number of aromatic nitrogens is 2. The number of aryl methyl sites for hydroxylation is 2. The van der Waals surface area contributed by atoms with Crippen LogP contribution in [0.25, 0.3) is 0 Å². The van der Waals surface area contributed by atoms with E-state index in [4.69, 9.17) is 5.73 Å². The zero-order valence-corrected chi connectivity index (χ0v) is 10.7. The van der Waals surface area contributed by atoms with Crippen LogP contribution in [0.1, 0.15) is 36.5 Å². The van der Waals surface area contributed by atoms with E-state index in [1.807, 2.05) is 20.0 Å².